The lowest BCUT2D eigenvalue weighted by atomic mass is 10.0. The van der Waals surface area contributed by atoms with Gasteiger partial charge in [0.1, 0.15) is 22.3 Å². The molecule has 0 aliphatic heterocycles. The van der Waals surface area contributed by atoms with Gasteiger partial charge in [0, 0.05) is 44.2 Å². The Balaban J connectivity index is 1.17. The number of rotatable bonds is 4. The van der Waals surface area contributed by atoms with Gasteiger partial charge < -0.3 is 13.7 Å². The summed E-state index contributed by atoms with van der Waals surface area (Å²) < 4.78 is 12.5. The van der Waals surface area contributed by atoms with E-state index in [1.165, 1.54) is 5.39 Å². The normalized spacial score (nSPS) is 11.7. The summed E-state index contributed by atoms with van der Waals surface area (Å²) in [7, 11) is 0. The molecule has 9 aromatic rings. The summed E-state index contributed by atoms with van der Waals surface area (Å²) >= 11 is 0. The maximum Gasteiger partial charge on any atom is 0.143 e. The van der Waals surface area contributed by atoms with Gasteiger partial charge in [-0.15, -0.1) is 0 Å². The van der Waals surface area contributed by atoms with Gasteiger partial charge in [-0.2, -0.15) is 0 Å². The smallest absolute Gasteiger partial charge is 0.143 e. The lowest BCUT2D eigenvalue weighted by Crippen LogP contribution is -2.09. The van der Waals surface area contributed by atoms with Crippen molar-refractivity contribution in [2.75, 3.05) is 4.90 Å². The molecule has 3 nitrogen and oxygen atoms in total. The molecule has 2 heterocycles. The van der Waals surface area contributed by atoms with E-state index in [1.54, 1.807) is 0 Å². The first-order valence-corrected chi connectivity index (χ1v) is 14.5. The zero-order chi connectivity index (χ0) is 28.3. The molecule has 43 heavy (non-hydrogen) atoms. The lowest BCUT2D eigenvalue weighted by molar-refractivity contribution is 0.669. The van der Waals surface area contributed by atoms with Gasteiger partial charge >= 0.3 is 0 Å². The Morgan fingerprint density at radius 2 is 1.02 bits per heavy atom. The van der Waals surface area contributed by atoms with Crippen molar-refractivity contribution in [1.82, 2.24) is 0 Å². The van der Waals surface area contributed by atoms with E-state index in [2.05, 4.69) is 132 Å². The highest BCUT2D eigenvalue weighted by Gasteiger charge is 2.16. The predicted octanol–water partition coefficient (Wildman–Crippen LogP) is 11.8. The fraction of sp³-hybridized carbons (Fsp3) is 0. The summed E-state index contributed by atoms with van der Waals surface area (Å²) in [6.45, 7) is 0. The Hall–Kier alpha value is -5.80. The predicted molar refractivity (Wildman–Crippen MR) is 179 cm³/mol. The van der Waals surface area contributed by atoms with E-state index in [0.717, 1.165) is 77.5 Å². The summed E-state index contributed by atoms with van der Waals surface area (Å²) in [5.41, 5.74) is 9.15. The third-order valence-corrected chi connectivity index (χ3v) is 8.43. The molecular weight excluding hydrogens is 526 g/mol. The second-order valence-corrected chi connectivity index (χ2v) is 11.0. The summed E-state index contributed by atoms with van der Waals surface area (Å²) in [6, 6.07) is 53.2. The zero-order valence-corrected chi connectivity index (χ0v) is 23.2. The van der Waals surface area contributed by atoms with Gasteiger partial charge in [-0.25, -0.2) is 0 Å². The standard InChI is InChI=1S/C40H25NO2/c1-2-9-29(10-3-1)41(31-22-19-27-25-39-36(24-28(27)23-31)34-12-5-6-15-37(34)42-39)30-20-17-26(18-21-30)32-13-8-14-35-33-11-4-7-16-38(33)43-40(32)35/h1-25H. The first-order chi connectivity index (χ1) is 21.3. The highest BCUT2D eigenvalue weighted by molar-refractivity contribution is 6.11. The van der Waals surface area contributed by atoms with Gasteiger partial charge in [-0.3, -0.25) is 0 Å². The lowest BCUT2D eigenvalue weighted by Gasteiger charge is -2.26. The molecule has 0 saturated heterocycles. The van der Waals surface area contributed by atoms with E-state index < -0.39 is 0 Å². The van der Waals surface area contributed by atoms with E-state index >= 15 is 0 Å². The number of nitrogens with zero attached hydrogens (tertiary/aromatic N) is 1. The topological polar surface area (TPSA) is 29.5 Å². The minimum absolute atomic E-state index is 0.911. The van der Waals surface area contributed by atoms with Crippen molar-refractivity contribution in [1.29, 1.82) is 0 Å². The number of furan rings is 2. The van der Waals surface area contributed by atoms with Crippen molar-refractivity contribution >= 4 is 71.7 Å². The molecule has 2 aromatic heterocycles. The molecule has 0 amide bonds. The highest BCUT2D eigenvalue weighted by atomic mass is 16.3. The molecule has 0 spiro atoms. The van der Waals surface area contributed by atoms with E-state index in [4.69, 9.17) is 8.83 Å². The first kappa shape index (κ1) is 23.9. The van der Waals surface area contributed by atoms with E-state index in [0.29, 0.717) is 0 Å². The quantitative estimate of drug-likeness (QED) is 0.218. The van der Waals surface area contributed by atoms with Crippen molar-refractivity contribution in [3.8, 4) is 11.1 Å². The molecule has 0 N–H and O–H groups in total. The van der Waals surface area contributed by atoms with Crippen molar-refractivity contribution in [3.05, 3.63) is 152 Å². The molecular formula is C40H25NO2. The zero-order valence-electron chi connectivity index (χ0n) is 23.2. The van der Waals surface area contributed by atoms with Crippen LogP contribution in [0, 0.1) is 0 Å². The monoisotopic (exact) mass is 551 g/mol. The first-order valence-electron chi connectivity index (χ1n) is 14.5. The van der Waals surface area contributed by atoms with Crippen LogP contribution in [-0.4, -0.2) is 0 Å². The van der Waals surface area contributed by atoms with E-state index in [1.807, 2.05) is 24.3 Å². The Bertz CT molecular complexity index is 2450. The third-order valence-electron chi connectivity index (χ3n) is 8.43. The van der Waals surface area contributed by atoms with Gasteiger partial charge in [-0.1, -0.05) is 91.0 Å². The largest absolute Gasteiger partial charge is 0.456 e. The van der Waals surface area contributed by atoms with Crippen LogP contribution in [0.5, 0.6) is 0 Å². The van der Waals surface area contributed by atoms with Crippen LogP contribution >= 0.6 is 0 Å². The molecule has 9 rings (SSSR count). The second kappa shape index (κ2) is 9.37. The second-order valence-electron chi connectivity index (χ2n) is 11.0. The maximum absolute atomic E-state index is 6.33. The van der Waals surface area contributed by atoms with Gasteiger partial charge in [0.15, 0.2) is 0 Å². The molecule has 0 bridgehead atoms. The molecule has 0 unspecified atom stereocenters. The summed E-state index contributed by atoms with van der Waals surface area (Å²) in [5, 5.41) is 6.88. The molecule has 0 aliphatic rings. The Kier molecular flexibility index (Phi) is 5.20. The number of para-hydroxylation sites is 4. The minimum atomic E-state index is 0.911. The number of benzene rings is 7. The van der Waals surface area contributed by atoms with Crippen LogP contribution in [0.4, 0.5) is 17.1 Å². The Morgan fingerprint density at radius 3 is 1.84 bits per heavy atom. The number of hydrogen-bond acceptors (Lipinski definition) is 3. The van der Waals surface area contributed by atoms with Crippen LogP contribution in [0.25, 0.3) is 65.8 Å². The average Bonchev–Trinajstić information content (AvgIpc) is 3.63. The summed E-state index contributed by atoms with van der Waals surface area (Å²) in [6.07, 6.45) is 0. The van der Waals surface area contributed by atoms with Crippen LogP contribution in [0.15, 0.2) is 160 Å². The fourth-order valence-corrected chi connectivity index (χ4v) is 6.38. The SMILES string of the molecule is c1ccc(N(c2ccc(-c3cccc4c3oc3ccccc34)cc2)c2ccc3cc4oc5ccccc5c4cc3c2)cc1. The van der Waals surface area contributed by atoms with E-state index in [9.17, 15) is 0 Å². The van der Waals surface area contributed by atoms with Crippen LogP contribution in [-0.2, 0) is 0 Å². The van der Waals surface area contributed by atoms with Gasteiger partial charge in [-0.05, 0) is 77.0 Å². The van der Waals surface area contributed by atoms with Crippen molar-refractivity contribution < 1.29 is 8.83 Å². The van der Waals surface area contributed by atoms with Crippen molar-refractivity contribution in [2.45, 2.75) is 0 Å². The molecule has 7 aromatic carbocycles. The molecule has 3 heteroatoms. The summed E-state index contributed by atoms with van der Waals surface area (Å²) in [5.74, 6) is 0. The number of anilines is 3. The van der Waals surface area contributed by atoms with E-state index in [-0.39, 0.29) is 0 Å². The Morgan fingerprint density at radius 1 is 0.372 bits per heavy atom. The minimum Gasteiger partial charge on any atom is -0.456 e. The van der Waals surface area contributed by atoms with Crippen LogP contribution < -0.4 is 4.90 Å². The van der Waals surface area contributed by atoms with Gasteiger partial charge in [0.05, 0.1) is 0 Å². The number of hydrogen-bond donors (Lipinski definition) is 0. The maximum atomic E-state index is 6.33. The molecule has 0 radical (unpaired) electrons. The van der Waals surface area contributed by atoms with Crippen molar-refractivity contribution in [2.24, 2.45) is 0 Å². The van der Waals surface area contributed by atoms with Crippen LogP contribution in [0.3, 0.4) is 0 Å². The summed E-state index contributed by atoms with van der Waals surface area (Å²) in [4.78, 5) is 2.31. The van der Waals surface area contributed by atoms with Crippen LogP contribution in [0.2, 0.25) is 0 Å². The van der Waals surface area contributed by atoms with Gasteiger partial charge in [0.25, 0.3) is 0 Å². The highest BCUT2D eigenvalue weighted by Crippen LogP contribution is 2.40. The Labute approximate surface area is 247 Å². The fourth-order valence-electron chi connectivity index (χ4n) is 6.38. The molecule has 202 valence electrons. The molecule has 0 atom stereocenters. The third kappa shape index (κ3) is 3.83. The molecule has 0 saturated carbocycles. The van der Waals surface area contributed by atoms with Crippen molar-refractivity contribution in [3.63, 3.8) is 0 Å². The van der Waals surface area contributed by atoms with Gasteiger partial charge in [0.2, 0.25) is 0 Å². The number of fused-ring (bicyclic) bond motifs is 7. The molecule has 0 aliphatic carbocycles. The molecule has 0 fully saturated rings. The van der Waals surface area contributed by atoms with Crippen LogP contribution in [0.1, 0.15) is 0 Å². The average molecular weight is 552 g/mol.